The first-order valence-corrected chi connectivity index (χ1v) is 19.5. The number of benzene rings is 3. The molecular formula is C42H50ClFN6O6. The van der Waals surface area contributed by atoms with Gasteiger partial charge in [0.05, 0.1) is 6.54 Å². The summed E-state index contributed by atoms with van der Waals surface area (Å²) < 4.78 is 13.5. The second kappa shape index (κ2) is 20.0. The van der Waals surface area contributed by atoms with Crippen molar-refractivity contribution in [2.75, 3.05) is 32.0 Å². The number of nitrogens with one attached hydrogen (secondary N) is 5. The Kier molecular flexibility index (Phi) is 15.0. The fourth-order valence-electron chi connectivity index (χ4n) is 7.29. The van der Waals surface area contributed by atoms with Crippen molar-refractivity contribution in [2.45, 2.75) is 82.7 Å². The number of nitrogens with zero attached hydrogens (tertiary/aromatic N) is 1. The third kappa shape index (κ3) is 12.4. The van der Waals surface area contributed by atoms with Gasteiger partial charge in [0.25, 0.3) is 5.91 Å². The first-order chi connectivity index (χ1) is 26.9. The van der Waals surface area contributed by atoms with E-state index in [1.54, 1.807) is 60.5 Å². The molecule has 2 atom stereocenters. The second-order valence-electron chi connectivity index (χ2n) is 14.8. The molecule has 12 nitrogen and oxygen atoms in total. The van der Waals surface area contributed by atoms with E-state index in [0.717, 1.165) is 57.1 Å². The molecule has 2 aliphatic rings. The van der Waals surface area contributed by atoms with Gasteiger partial charge in [-0.2, -0.15) is 0 Å². The van der Waals surface area contributed by atoms with Crippen molar-refractivity contribution in [3.63, 3.8) is 0 Å². The fraction of sp³-hybridized carbons (Fsp3) is 0.429. The van der Waals surface area contributed by atoms with Crippen LogP contribution in [0.25, 0.3) is 0 Å². The predicted molar refractivity (Wildman–Crippen MR) is 211 cm³/mol. The van der Waals surface area contributed by atoms with Crippen molar-refractivity contribution in [3.8, 4) is 0 Å². The van der Waals surface area contributed by atoms with Gasteiger partial charge in [-0.25, -0.2) is 4.39 Å². The number of anilines is 1. The molecule has 0 aromatic heterocycles. The highest BCUT2D eigenvalue weighted by Crippen LogP contribution is 2.44. The Labute approximate surface area is 331 Å². The molecule has 0 radical (unpaired) electrons. The summed E-state index contributed by atoms with van der Waals surface area (Å²) in [5.41, 5.74) is 1.41. The zero-order valence-electron chi connectivity index (χ0n) is 31.6. The van der Waals surface area contributed by atoms with Gasteiger partial charge in [0, 0.05) is 62.1 Å². The van der Waals surface area contributed by atoms with Crippen LogP contribution in [-0.4, -0.2) is 79.1 Å². The van der Waals surface area contributed by atoms with Crippen molar-refractivity contribution in [1.29, 1.82) is 0 Å². The molecule has 1 aliphatic carbocycles. The number of carbonyl (C=O) groups is 6. The molecule has 14 heteroatoms. The second-order valence-corrected chi connectivity index (χ2v) is 15.3. The summed E-state index contributed by atoms with van der Waals surface area (Å²) in [5, 5.41) is 14.6. The third-order valence-electron chi connectivity index (χ3n) is 10.5. The van der Waals surface area contributed by atoms with Crippen molar-refractivity contribution in [1.82, 2.24) is 26.2 Å². The number of halogens is 2. The maximum atomic E-state index is 13.6. The number of likely N-dealkylation sites (N-methyl/N-ethyl adjacent to an activating group) is 1. The highest BCUT2D eigenvalue weighted by Gasteiger charge is 2.38. The maximum Gasteiger partial charge on any atom is 0.251 e. The molecule has 0 bridgehead atoms. The number of amides is 6. The van der Waals surface area contributed by atoms with E-state index in [4.69, 9.17) is 11.6 Å². The van der Waals surface area contributed by atoms with Gasteiger partial charge in [-0.3, -0.25) is 28.8 Å². The van der Waals surface area contributed by atoms with Crippen LogP contribution in [0.5, 0.6) is 0 Å². The Morgan fingerprint density at radius 2 is 1.57 bits per heavy atom. The van der Waals surface area contributed by atoms with Gasteiger partial charge < -0.3 is 31.5 Å². The van der Waals surface area contributed by atoms with Crippen LogP contribution in [0.2, 0.25) is 5.02 Å². The van der Waals surface area contributed by atoms with E-state index in [9.17, 15) is 33.2 Å². The zero-order valence-corrected chi connectivity index (χ0v) is 32.4. The van der Waals surface area contributed by atoms with Crippen molar-refractivity contribution in [3.05, 3.63) is 100 Å². The molecule has 3 aromatic rings. The molecule has 1 heterocycles. The summed E-state index contributed by atoms with van der Waals surface area (Å²) in [4.78, 5) is 81.1. The lowest BCUT2D eigenvalue weighted by molar-refractivity contribution is -0.133. The molecule has 3 aromatic carbocycles. The minimum atomic E-state index is -1.05. The van der Waals surface area contributed by atoms with Crippen LogP contribution in [0, 0.1) is 11.2 Å². The van der Waals surface area contributed by atoms with Gasteiger partial charge in [0.15, 0.2) is 0 Å². The molecule has 2 fully saturated rings. The first-order valence-electron chi connectivity index (χ1n) is 19.2. The Balaban J connectivity index is 1.29. The van der Waals surface area contributed by atoms with E-state index in [0.29, 0.717) is 34.9 Å². The Morgan fingerprint density at radius 3 is 2.29 bits per heavy atom. The smallest absolute Gasteiger partial charge is 0.251 e. The standard InChI is InChI=1S/C42H50ClFN6O6/c1-50-22-8-2-7-21-45-36(51)25-42(19-5-6-20-42)26-37(52)48-34(40(55)46-27-38(50)53)23-28-11-17-32(18-12-28)47-41(56)35(24-30-9-3-4-10-33(30)43)49-39(54)29-13-15-31(44)16-14-29/h3-4,9-18,34-35H,2,5-8,19-27H2,1H3,(H,45,51)(H,46,55)(H,47,56)(H,48,52)(H,49,54)/t34-,35+/m1/s1. The topological polar surface area (TPSA) is 166 Å². The van der Waals surface area contributed by atoms with E-state index in [1.807, 2.05) is 0 Å². The van der Waals surface area contributed by atoms with Crippen molar-refractivity contribution >= 4 is 52.7 Å². The van der Waals surface area contributed by atoms with E-state index in [-0.39, 0.29) is 55.5 Å². The molecule has 298 valence electrons. The average Bonchev–Trinajstić information content (AvgIpc) is 3.62. The SMILES string of the molecule is CN1CCCCCNC(=O)CC2(CCCC2)CC(=O)N[C@H](Cc2ccc(NC(=O)[C@H](Cc3ccccc3Cl)NC(=O)c3ccc(F)cc3)cc2)C(=O)NCC1=O. The summed E-state index contributed by atoms with van der Waals surface area (Å²) in [6, 6.07) is 16.6. The van der Waals surface area contributed by atoms with Crippen LogP contribution in [0.1, 0.15) is 79.3 Å². The summed E-state index contributed by atoms with van der Waals surface area (Å²) in [6.07, 6.45) is 6.23. The average molecular weight is 789 g/mol. The lowest BCUT2D eigenvalue weighted by atomic mass is 9.78. The van der Waals surface area contributed by atoms with Gasteiger partial charge in [0.1, 0.15) is 17.9 Å². The van der Waals surface area contributed by atoms with Crippen LogP contribution in [0.15, 0.2) is 72.8 Å². The van der Waals surface area contributed by atoms with Gasteiger partial charge in [-0.1, -0.05) is 54.8 Å². The minimum Gasteiger partial charge on any atom is -0.356 e. The fourth-order valence-corrected chi connectivity index (χ4v) is 7.50. The normalized spacial score (nSPS) is 19.2. The largest absolute Gasteiger partial charge is 0.356 e. The molecule has 1 saturated carbocycles. The third-order valence-corrected chi connectivity index (χ3v) is 10.9. The molecular weight excluding hydrogens is 739 g/mol. The van der Waals surface area contributed by atoms with Gasteiger partial charge in [0.2, 0.25) is 29.5 Å². The number of hydrogen-bond donors (Lipinski definition) is 5. The number of hydrogen-bond acceptors (Lipinski definition) is 6. The van der Waals surface area contributed by atoms with Crippen molar-refractivity contribution in [2.24, 2.45) is 5.41 Å². The summed E-state index contributed by atoms with van der Waals surface area (Å²) in [5.74, 6) is -2.79. The molecule has 56 heavy (non-hydrogen) atoms. The monoisotopic (exact) mass is 788 g/mol. The molecule has 0 unspecified atom stereocenters. The molecule has 1 saturated heterocycles. The van der Waals surface area contributed by atoms with Crippen molar-refractivity contribution < 1.29 is 33.2 Å². The highest BCUT2D eigenvalue weighted by atomic mass is 35.5. The summed E-state index contributed by atoms with van der Waals surface area (Å²) >= 11 is 6.39. The number of carbonyl (C=O) groups excluding carboxylic acids is 6. The van der Waals surface area contributed by atoms with Gasteiger partial charge >= 0.3 is 0 Å². The Morgan fingerprint density at radius 1 is 0.875 bits per heavy atom. The minimum absolute atomic E-state index is 0.0806. The summed E-state index contributed by atoms with van der Waals surface area (Å²) in [7, 11) is 1.67. The maximum absolute atomic E-state index is 13.6. The molecule has 5 N–H and O–H groups in total. The molecule has 1 aliphatic heterocycles. The lowest BCUT2D eigenvalue weighted by Gasteiger charge is -2.29. The lowest BCUT2D eigenvalue weighted by Crippen LogP contribution is -2.51. The van der Waals surface area contributed by atoms with E-state index in [2.05, 4.69) is 26.6 Å². The van der Waals surface area contributed by atoms with E-state index in [1.165, 1.54) is 12.1 Å². The van der Waals surface area contributed by atoms with Gasteiger partial charge in [-0.15, -0.1) is 0 Å². The van der Waals surface area contributed by atoms with Gasteiger partial charge in [-0.05, 0) is 91.1 Å². The van der Waals surface area contributed by atoms with Crippen LogP contribution >= 0.6 is 11.6 Å². The zero-order chi connectivity index (χ0) is 40.1. The molecule has 6 amide bonds. The van der Waals surface area contributed by atoms with Crippen LogP contribution < -0.4 is 26.6 Å². The molecule has 5 rings (SSSR count). The predicted octanol–water partition coefficient (Wildman–Crippen LogP) is 4.70. The summed E-state index contributed by atoms with van der Waals surface area (Å²) in [6.45, 7) is 0.826. The van der Waals surface area contributed by atoms with Crippen LogP contribution in [-0.2, 0) is 36.8 Å². The Hall–Kier alpha value is -5.30. The number of rotatable bonds is 8. The Bertz CT molecular complexity index is 1870. The van der Waals surface area contributed by atoms with Crippen LogP contribution in [0.4, 0.5) is 10.1 Å². The highest BCUT2D eigenvalue weighted by molar-refractivity contribution is 6.31. The van der Waals surface area contributed by atoms with E-state index >= 15 is 0 Å². The first kappa shape index (κ1) is 41.9. The van der Waals surface area contributed by atoms with Crippen LogP contribution in [0.3, 0.4) is 0 Å². The molecule has 1 spiro atoms. The van der Waals surface area contributed by atoms with E-state index < -0.39 is 41.0 Å². The quantitative estimate of drug-likeness (QED) is 0.222.